The smallest absolute Gasteiger partial charge is 0.267 e. The first-order valence-corrected chi connectivity index (χ1v) is 23.6. The molecule has 2 aromatic heterocycles. The number of likely N-dealkylation sites (tertiary alicyclic amines) is 2. The van der Waals surface area contributed by atoms with Crippen LogP contribution in [0.3, 0.4) is 0 Å². The summed E-state index contributed by atoms with van der Waals surface area (Å²) >= 11 is 0. The van der Waals surface area contributed by atoms with Gasteiger partial charge in [-0.2, -0.15) is 0 Å². The van der Waals surface area contributed by atoms with Crippen molar-refractivity contribution in [1.29, 1.82) is 0 Å². The van der Waals surface area contributed by atoms with Gasteiger partial charge in [0.25, 0.3) is 5.92 Å². The Morgan fingerprint density at radius 3 is 1.94 bits per heavy atom. The van der Waals surface area contributed by atoms with Gasteiger partial charge in [-0.1, -0.05) is 131 Å². The van der Waals surface area contributed by atoms with E-state index in [1.54, 1.807) is 6.20 Å². The molecule has 65 heavy (non-hydrogen) atoms. The summed E-state index contributed by atoms with van der Waals surface area (Å²) in [6.07, 6.45) is 5.80. The van der Waals surface area contributed by atoms with E-state index < -0.39 is 31.0 Å². The fourth-order valence-electron chi connectivity index (χ4n) is 10.5. The number of hydrogen-bond donors (Lipinski definition) is 2. The lowest BCUT2D eigenvalue weighted by Gasteiger charge is -2.39. The fourth-order valence-corrected chi connectivity index (χ4v) is 10.5. The molecule has 2 fully saturated rings. The molecule has 0 saturated carbocycles. The maximum atomic E-state index is 15.2. The SMILES string of the molecule is CCN(CC)[C@@H](C(=O)N1CC(F)(F)C[C@H]1c1ncc(-c2ccc(-c3ccc4c(c3)CCc3[nH]c([C@@H]5CCCCN5C(=O)[C@@H](c5ccccc5)N(CC)CC)nc3-4)cc2)[nH]1)c1ccccc1. The normalized spacial score (nSPS) is 19.0. The van der Waals surface area contributed by atoms with Gasteiger partial charge in [0.1, 0.15) is 23.7 Å². The molecule has 3 aliphatic rings. The summed E-state index contributed by atoms with van der Waals surface area (Å²) in [7, 11) is 0. The number of hydrogen-bond acceptors (Lipinski definition) is 6. The highest BCUT2D eigenvalue weighted by molar-refractivity contribution is 5.85. The molecule has 4 atom stereocenters. The maximum Gasteiger partial charge on any atom is 0.267 e. The van der Waals surface area contributed by atoms with Crippen LogP contribution in [0.1, 0.15) is 112 Å². The van der Waals surface area contributed by atoms with Crippen molar-refractivity contribution in [2.45, 2.75) is 96.3 Å². The topological polar surface area (TPSA) is 104 Å². The van der Waals surface area contributed by atoms with Crippen LogP contribution >= 0.6 is 0 Å². The molecule has 2 aliphatic heterocycles. The second-order valence-corrected chi connectivity index (χ2v) is 17.7. The third-order valence-corrected chi connectivity index (χ3v) is 14.0. The summed E-state index contributed by atoms with van der Waals surface area (Å²) in [6.45, 7) is 11.0. The van der Waals surface area contributed by atoms with E-state index in [1.165, 1.54) is 10.5 Å². The lowest BCUT2D eigenvalue weighted by atomic mass is 9.89. The van der Waals surface area contributed by atoms with Gasteiger partial charge in [0.05, 0.1) is 36.2 Å². The highest BCUT2D eigenvalue weighted by Crippen LogP contribution is 2.43. The lowest BCUT2D eigenvalue weighted by molar-refractivity contribution is -0.141. The quantitative estimate of drug-likeness (QED) is 0.113. The number of fused-ring (bicyclic) bond motifs is 3. The first-order valence-electron chi connectivity index (χ1n) is 23.6. The van der Waals surface area contributed by atoms with Gasteiger partial charge < -0.3 is 19.8 Å². The minimum Gasteiger partial charge on any atom is -0.344 e. The summed E-state index contributed by atoms with van der Waals surface area (Å²) < 4.78 is 30.4. The van der Waals surface area contributed by atoms with Gasteiger partial charge in [0.15, 0.2) is 0 Å². The molecule has 0 spiro atoms. The first kappa shape index (κ1) is 44.2. The van der Waals surface area contributed by atoms with Crippen LogP contribution in [-0.4, -0.2) is 96.5 Å². The number of aromatic nitrogens is 4. The van der Waals surface area contributed by atoms with Crippen molar-refractivity contribution in [3.05, 3.63) is 143 Å². The van der Waals surface area contributed by atoms with Gasteiger partial charge in [-0.15, -0.1) is 0 Å². The van der Waals surface area contributed by atoms with Crippen molar-refractivity contribution >= 4 is 11.8 Å². The van der Waals surface area contributed by atoms with E-state index in [4.69, 9.17) is 4.98 Å². The second kappa shape index (κ2) is 18.9. The number of aromatic amines is 2. The zero-order valence-corrected chi connectivity index (χ0v) is 37.9. The molecule has 2 N–H and O–H groups in total. The Kier molecular flexibility index (Phi) is 12.8. The monoisotopic (exact) mass is 878 g/mol. The van der Waals surface area contributed by atoms with Gasteiger partial charge in [-0.3, -0.25) is 19.4 Å². The van der Waals surface area contributed by atoms with Crippen molar-refractivity contribution in [1.82, 2.24) is 39.5 Å². The molecule has 4 heterocycles. The summed E-state index contributed by atoms with van der Waals surface area (Å²) in [5, 5.41) is 0. The Labute approximate surface area is 381 Å². The third kappa shape index (κ3) is 8.78. The number of carbonyl (C=O) groups is 2. The molecule has 12 heteroatoms. The van der Waals surface area contributed by atoms with Crippen LogP contribution in [0.2, 0.25) is 0 Å². The number of aryl methyl sites for hydroxylation is 2. The molecule has 9 rings (SSSR count). The van der Waals surface area contributed by atoms with Crippen LogP contribution in [0, 0.1) is 0 Å². The lowest BCUT2D eigenvalue weighted by Crippen LogP contribution is -2.46. The molecular formula is C53H60F2N8O2. The standard InChI is InChI=1S/C53H60F2N8O2/c1-5-60(6-2)47(37-17-11-9-12-18-37)51(64)62-30-16-15-21-44(62)50-57-42-29-27-40-31-39(26-28-41(40)46(42)59-50)35-22-24-36(25-23-35)43-33-56-49(58-43)45-32-53(54,55)34-63(45)52(65)48(61(7-3)8-4)38-19-13-10-14-20-38/h9-14,17-20,22-26,28,31,33,44-45,47-48H,5-8,15-16,21,27,29-30,32,34H2,1-4H3,(H,56,58)(H,57,59)/t44-,45-,47+,48+/m0/s1. The molecule has 10 nitrogen and oxygen atoms in total. The maximum absolute atomic E-state index is 15.2. The van der Waals surface area contributed by atoms with Gasteiger partial charge >= 0.3 is 0 Å². The summed E-state index contributed by atoms with van der Waals surface area (Å²) in [4.78, 5) is 53.4. The number of likely N-dealkylation sites (N-methyl/N-ethyl adjacent to an activating group) is 2. The molecule has 0 bridgehead atoms. The minimum absolute atomic E-state index is 0.110. The highest BCUT2D eigenvalue weighted by atomic mass is 19.3. The zero-order valence-electron chi connectivity index (χ0n) is 37.9. The predicted molar refractivity (Wildman–Crippen MR) is 251 cm³/mol. The van der Waals surface area contributed by atoms with E-state index in [2.05, 4.69) is 81.1 Å². The van der Waals surface area contributed by atoms with E-state index in [0.717, 1.165) is 95.8 Å². The van der Waals surface area contributed by atoms with Crippen molar-refractivity contribution < 1.29 is 18.4 Å². The van der Waals surface area contributed by atoms with Crippen LogP contribution in [0.4, 0.5) is 8.78 Å². The van der Waals surface area contributed by atoms with Crippen LogP contribution in [-0.2, 0) is 22.4 Å². The number of imidazole rings is 2. The van der Waals surface area contributed by atoms with E-state index in [1.807, 2.05) is 79.4 Å². The number of carbonyl (C=O) groups excluding carboxylic acids is 2. The molecule has 2 amide bonds. The minimum atomic E-state index is -3.04. The molecule has 1 aliphatic carbocycles. The van der Waals surface area contributed by atoms with Gasteiger partial charge in [-0.25, -0.2) is 18.7 Å². The molecule has 2 saturated heterocycles. The average molecular weight is 879 g/mol. The Bertz CT molecular complexity index is 2590. The van der Waals surface area contributed by atoms with Crippen molar-refractivity contribution in [2.75, 3.05) is 39.3 Å². The Hall–Kier alpha value is -5.98. The molecule has 338 valence electrons. The third-order valence-electron chi connectivity index (χ3n) is 14.0. The molecule has 0 radical (unpaired) electrons. The first-order chi connectivity index (χ1) is 31.6. The van der Waals surface area contributed by atoms with Gasteiger partial charge in [-0.05, 0) is 91.7 Å². The Balaban J connectivity index is 0.923. The summed E-state index contributed by atoms with van der Waals surface area (Å²) in [6, 6.07) is 32.3. The van der Waals surface area contributed by atoms with Gasteiger partial charge in [0.2, 0.25) is 11.8 Å². The average Bonchev–Trinajstić information content (AvgIpc) is 4.10. The molecule has 6 aromatic rings. The number of nitrogens with one attached hydrogen (secondary N) is 2. The van der Waals surface area contributed by atoms with Crippen molar-refractivity contribution in [3.63, 3.8) is 0 Å². The number of H-pyrrole nitrogens is 2. The van der Waals surface area contributed by atoms with Crippen LogP contribution < -0.4 is 0 Å². The van der Waals surface area contributed by atoms with Crippen molar-refractivity contribution in [2.24, 2.45) is 0 Å². The Morgan fingerprint density at radius 1 is 0.708 bits per heavy atom. The zero-order chi connectivity index (χ0) is 45.2. The van der Waals surface area contributed by atoms with Crippen LogP contribution in [0.25, 0.3) is 33.6 Å². The van der Waals surface area contributed by atoms with E-state index in [0.29, 0.717) is 31.2 Å². The summed E-state index contributed by atoms with van der Waals surface area (Å²) in [5.74, 6) is -2.01. The molecule has 0 unspecified atom stereocenters. The summed E-state index contributed by atoms with van der Waals surface area (Å²) in [5.41, 5.74) is 9.99. The number of piperidine rings is 1. The van der Waals surface area contributed by atoms with E-state index >= 15 is 8.78 Å². The number of rotatable bonds is 14. The molecule has 4 aromatic carbocycles. The van der Waals surface area contributed by atoms with E-state index in [9.17, 15) is 9.59 Å². The second-order valence-electron chi connectivity index (χ2n) is 17.7. The largest absolute Gasteiger partial charge is 0.344 e. The number of halogens is 2. The van der Waals surface area contributed by atoms with Gasteiger partial charge in [0, 0.05) is 24.2 Å². The predicted octanol–water partition coefficient (Wildman–Crippen LogP) is 10.4. The Morgan fingerprint density at radius 2 is 1.31 bits per heavy atom. The molecular weight excluding hydrogens is 819 g/mol. The number of alkyl halides is 2. The van der Waals surface area contributed by atoms with Crippen LogP contribution in [0.15, 0.2) is 109 Å². The van der Waals surface area contributed by atoms with Crippen molar-refractivity contribution in [3.8, 4) is 33.6 Å². The van der Waals surface area contributed by atoms with E-state index in [-0.39, 0.29) is 23.9 Å². The van der Waals surface area contributed by atoms with Crippen LogP contribution in [0.5, 0.6) is 0 Å². The highest BCUT2D eigenvalue weighted by Gasteiger charge is 2.50. The number of nitrogens with zero attached hydrogens (tertiary/aromatic N) is 6. The fraction of sp³-hybridized carbons (Fsp3) is 0.396. The number of amides is 2. The number of benzene rings is 4.